The number of hydrogen-bond acceptors (Lipinski definition) is 2. The third-order valence-electron chi connectivity index (χ3n) is 3.93. The largest absolute Gasteiger partial charge is 0.458 e. The van der Waals surface area contributed by atoms with Crippen molar-refractivity contribution in [2.75, 3.05) is 0 Å². The summed E-state index contributed by atoms with van der Waals surface area (Å²) in [5, 5.41) is 0. The molecule has 2 nitrogen and oxygen atoms in total. The van der Waals surface area contributed by atoms with E-state index in [9.17, 15) is 4.79 Å². The van der Waals surface area contributed by atoms with E-state index in [-0.39, 0.29) is 19.5 Å². The number of ether oxygens (including phenoxy) is 1. The van der Waals surface area contributed by atoms with E-state index >= 15 is 0 Å². The predicted molar refractivity (Wildman–Crippen MR) is 103 cm³/mol. The Kier molecular flexibility index (Phi) is 20.5. The van der Waals surface area contributed by atoms with E-state index in [0.717, 1.165) is 25.7 Å². The molecule has 0 amide bonds. The topological polar surface area (TPSA) is 26.3 Å². The summed E-state index contributed by atoms with van der Waals surface area (Å²) in [5.41, 5.74) is 0. The second-order valence-corrected chi connectivity index (χ2v) is 6.34. The standard InChI is InChI=1S/C20H38O2.CH4/c1-4-6-8-9-10-11-12-13-14-16-17-19(3)22-20(21)18-15-7-5-2;/h16-17,19H,4-15,18H2,1-3H3;1H4/b17-16+;. The van der Waals surface area contributed by atoms with Gasteiger partial charge in [0.25, 0.3) is 0 Å². The highest BCUT2D eigenvalue weighted by atomic mass is 16.5. The second kappa shape index (κ2) is 19.3. The fourth-order valence-corrected chi connectivity index (χ4v) is 2.51. The van der Waals surface area contributed by atoms with Gasteiger partial charge >= 0.3 is 5.97 Å². The zero-order valence-electron chi connectivity index (χ0n) is 15.2. The molecule has 138 valence electrons. The molecule has 0 N–H and O–H groups in total. The van der Waals surface area contributed by atoms with Gasteiger partial charge in [0.2, 0.25) is 0 Å². The molecule has 0 aromatic heterocycles. The van der Waals surface area contributed by atoms with Crippen LogP contribution in [0.15, 0.2) is 12.2 Å². The van der Waals surface area contributed by atoms with E-state index in [4.69, 9.17) is 4.74 Å². The number of rotatable bonds is 15. The van der Waals surface area contributed by atoms with Crippen LogP contribution in [0.3, 0.4) is 0 Å². The lowest BCUT2D eigenvalue weighted by Gasteiger charge is -2.08. The Bertz CT molecular complexity index is 271. The first-order chi connectivity index (χ1) is 10.7. The summed E-state index contributed by atoms with van der Waals surface area (Å²) in [4.78, 5) is 11.6. The zero-order valence-corrected chi connectivity index (χ0v) is 15.2. The summed E-state index contributed by atoms with van der Waals surface area (Å²) in [5.74, 6) is -0.0577. The van der Waals surface area contributed by atoms with Crippen LogP contribution in [0.4, 0.5) is 0 Å². The van der Waals surface area contributed by atoms with Crippen LogP contribution < -0.4 is 0 Å². The molecule has 23 heavy (non-hydrogen) atoms. The number of allylic oxidation sites excluding steroid dienone is 1. The Morgan fingerprint density at radius 1 is 0.870 bits per heavy atom. The van der Waals surface area contributed by atoms with Crippen molar-refractivity contribution in [1.29, 1.82) is 0 Å². The maximum Gasteiger partial charge on any atom is 0.306 e. The SMILES string of the molecule is C.CCCCCCCCCC/C=C/C(C)OC(=O)CCCCC. The summed E-state index contributed by atoms with van der Waals surface area (Å²) in [7, 11) is 0. The number of carbonyl (C=O) groups is 1. The maximum atomic E-state index is 11.6. The van der Waals surface area contributed by atoms with E-state index in [1.54, 1.807) is 0 Å². The normalized spacial score (nSPS) is 12.1. The van der Waals surface area contributed by atoms with Gasteiger partial charge in [-0.15, -0.1) is 0 Å². The molecular weight excluding hydrogens is 284 g/mol. The van der Waals surface area contributed by atoms with Crippen molar-refractivity contribution in [1.82, 2.24) is 0 Å². The highest BCUT2D eigenvalue weighted by Crippen LogP contribution is 2.10. The maximum absolute atomic E-state index is 11.6. The summed E-state index contributed by atoms with van der Waals surface area (Å²) >= 11 is 0. The average Bonchev–Trinajstić information content (AvgIpc) is 2.49. The molecule has 0 heterocycles. The molecule has 2 heteroatoms. The van der Waals surface area contributed by atoms with E-state index < -0.39 is 0 Å². The Morgan fingerprint density at radius 3 is 2.00 bits per heavy atom. The van der Waals surface area contributed by atoms with Gasteiger partial charge in [0.05, 0.1) is 0 Å². The van der Waals surface area contributed by atoms with E-state index in [2.05, 4.69) is 19.9 Å². The molecular formula is C21H42O2. The van der Waals surface area contributed by atoms with Crippen molar-refractivity contribution in [2.24, 2.45) is 0 Å². The van der Waals surface area contributed by atoms with Crippen molar-refractivity contribution >= 4 is 5.97 Å². The smallest absolute Gasteiger partial charge is 0.306 e. The molecule has 1 atom stereocenters. The van der Waals surface area contributed by atoms with Gasteiger partial charge in [0, 0.05) is 6.42 Å². The van der Waals surface area contributed by atoms with Crippen molar-refractivity contribution in [3.05, 3.63) is 12.2 Å². The van der Waals surface area contributed by atoms with Crippen LogP contribution in [0.1, 0.15) is 112 Å². The molecule has 0 aliphatic rings. The Hall–Kier alpha value is -0.790. The third kappa shape index (κ3) is 19.2. The molecule has 0 spiro atoms. The summed E-state index contributed by atoms with van der Waals surface area (Å²) in [6.45, 7) is 6.35. The van der Waals surface area contributed by atoms with Gasteiger partial charge in [0.1, 0.15) is 6.10 Å². The van der Waals surface area contributed by atoms with Crippen LogP contribution in [-0.4, -0.2) is 12.1 Å². The van der Waals surface area contributed by atoms with Crippen molar-refractivity contribution in [3.8, 4) is 0 Å². The number of esters is 1. The van der Waals surface area contributed by atoms with E-state index in [1.807, 2.05) is 13.0 Å². The predicted octanol–water partition coefficient (Wildman–Crippen LogP) is 7.22. The van der Waals surface area contributed by atoms with Crippen molar-refractivity contribution in [2.45, 2.75) is 118 Å². The third-order valence-corrected chi connectivity index (χ3v) is 3.93. The Morgan fingerprint density at radius 2 is 1.39 bits per heavy atom. The minimum atomic E-state index is -0.0804. The number of unbranched alkanes of at least 4 members (excludes halogenated alkanes) is 10. The minimum Gasteiger partial charge on any atom is -0.458 e. The van der Waals surface area contributed by atoms with Crippen LogP contribution in [0, 0.1) is 0 Å². The summed E-state index contributed by atoms with van der Waals surface area (Å²) in [6, 6.07) is 0. The molecule has 0 aliphatic heterocycles. The highest BCUT2D eigenvalue weighted by Gasteiger charge is 2.05. The minimum absolute atomic E-state index is 0. The fraction of sp³-hybridized carbons (Fsp3) is 0.857. The van der Waals surface area contributed by atoms with Gasteiger partial charge in [0.15, 0.2) is 0 Å². The second-order valence-electron chi connectivity index (χ2n) is 6.34. The van der Waals surface area contributed by atoms with Crippen LogP contribution in [0.25, 0.3) is 0 Å². The van der Waals surface area contributed by atoms with Crippen molar-refractivity contribution < 1.29 is 9.53 Å². The van der Waals surface area contributed by atoms with Crippen LogP contribution in [-0.2, 0) is 9.53 Å². The molecule has 0 bridgehead atoms. The van der Waals surface area contributed by atoms with Gasteiger partial charge in [-0.2, -0.15) is 0 Å². The molecule has 0 saturated heterocycles. The molecule has 0 rings (SSSR count). The Balaban J connectivity index is 0. The molecule has 0 radical (unpaired) electrons. The van der Waals surface area contributed by atoms with Gasteiger partial charge in [-0.25, -0.2) is 0 Å². The number of hydrogen-bond donors (Lipinski definition) is 0. The first-order valence-electron chi connectivity index (χ1n) is 9.56. The monoisotopic (exact) mass is 326 g/mol. The first kappa shape index (κ1) is 24.5. The van der Waals surface area contributed by atoms with E-state index in [0.29, 0.717) is 6.42 Å². The lowest BCUT2D eigenvalue weighted by atomic mass is 10.1. The lowest BCUT2D eigenvalue weighted by molar-refractivity contribution is -0.146. The summed E-state index contributed by atoms with van der Waals surface area (Å²) in [6.07, 6.45) is 19.8. The Labute approximate surface area is 146 Å². The molecule has 1 unspecified atom stereocenters. The molecule has 0 aliphatic carbocycles. The van der Waals surface area contributed by atoms with Gasteiger partial charge in [-0.1, -0.05) is 85.1 Å². The highest BCUT2D eigenvalue weighted by molar-refractivity contribution is 5.69. The summed E-state index contributed by atoms with van der Waals surface area (Å²) < 4.78 is 5.35. The van der Waals surface area contributed by atoms with Crippen LogP contribution >= 0.6 is 0 Å². The average molecular weight is 327 g/mol. The lowest BCUT2D eigenvalue weighted by Crippen LogP contribution is -2.12. The van der Waals surface area contributed by atoms with Gasteiger partial charge < -0.3 is 4.74 Å². The van der Waals surface area contributed by atoms with Gasteiger partial charge in [-0.3, -0.25) is 4.79 Å². The molecule has 0 aromatic rings. The van der Waals surface area contributed by atoms with Gasteiger partial charge in [-0.05, 0) is 32.3 Å². The van der Waals surface area contributed by atoms with Crippen LogP contribution in [0.2, 0.25) is 0 Å². The van der Waals surface area contributed by atoms with E-state index in [1.165, 1.54) is 51.4 Å². The van der Waals surface area contributed by atoms with Crippen LogP contribution in [0.5, 0.6) is 0 Å². The zero-order chi connectivity index (χ0) is 16.5. The molecule has 0 fully saturated rings. The fourth-order valence-electron chi connectivity index (χ4n) is 2.51. The van der Waals surface area contributed by atoms with Crippen molar-refractivity contribution in [3.63, 3.8) is 0 Å². The quantitative estimate of drug-likeness (QED) is 0.180. The number of carbonyl (C=O) groups excluding carboxylic acids is 1. The molecule has 0 saturated carbocycles. The first-order valence-corrected chi connectivity index (χ1v) is 9.56. The molecule has 0 aromatic carbocycles.